The molecule has 0 atom stereocenters. The van der Waals surface area contributed by atoms with Crippen molar-refractivity contribution in [3.8, 4) is 0 Å². The number of para-hydroxylation sites is 1. The third-order valence-electron chi connectivity index (χ3n) is 3.78. The van der Waals surface area contributed by atoms with E-state index >= 15 is 0 Å². The zero-order chi connectivity index (χ0) is 17.5. The van der Waals surface area contributed by atoms with Gasteiger partial charge in [-0.1, -0.05) is 24.3 Å². The number of fused-ring (bicyclic) bond motifs is 1. The standard InChI is InChI=1S/C19H21FN4O/c1-25-12-4-11-21-19-23-17-6-3-2-5-16(17)18(24-19)22-13-14-7-9-15(20)10-8-14/h2-3,5-10H,4,11-13H2,1H3,(H2,21,22,23,24). The fourth-order valence-corrected chi connectivity index (χ4v) is 2.50. The van der Waals surface area contributed by atoms with Crippen molar-refractivity contribution in [1.29, 1.82) is 0 Å². The topological polar surface area (TPSA) is 59.1 Å². The van der Waals surface area contributed by atoms with E-state index in [1.807, 2.05) is 24.3 Å². The summed E-state index contributed by atoms with van der Waals surface area (Å²) in [5, 5.41) is 7.50. The molecule has 2 aromatic carbocycles. The first-order valence-corrected chi connectivity index (χ1v) is 8.24. The lowest BCUT2D eigenvalue weighted by Crippen LogP contribution is -2.10. The van der Waals surface area contributed by atoms with Gasteiger partial charge in [-0.05, 0) is 36.2 Å². The fraction of sp³-hybridized carbons (Fsp3) is 0.263. The Bertz CT molecular complexity index is 823. The van der Waals surface area contributed by atoms with Crippen LogP contribution in [-0.4, -0.2) is 30.2 Å². The summed E-state index contributed by atoms with van der Waals surface area (Å²) in [6.45, 7) is 1.99. The molecular weight excluding hydrogens is 319 g/mol. The summed E-state index contributed by atoms with van der Waals surface area (Å²) in [6, 6.07) is 14.3. The summed E-state index contributed by atoms with van der Waals surface area (Å²) in [4.78, 5) is 9.13. The van der Waals surface area contributed by atoms with Gasteiger partial charge >= 0.3 is 0 Å². The van der Waals surface area contributed by atoms with Gasteiger partial charge in [0, 0.05) is 32.2 Å². The predicted octanol–water partition coefficient (Wildman–Crippen LogP) is 3.83. The highest BCUT2D eigenvalue weighted by Gasteiger charge is 2.07. The molecule has 6 heteroatoms. The molecule has 3 rings (SSSR count). The monoisotopic (exact) mass is 340 g/mol. The molecule has 0 spiro atoms. The van der Waals surface area contributed by atoms with Crippen molar-refractivity contribution in [2.45, 2.75) is 13.0 Å². The highest BCUT2D eigenvalue weighted by atomic mass is 19.1. The van der Waals surface area contributed by atoms with Gasteiger partial charge in [-0.3, -0.25) is 0 Å². The molecule has 1 aromatic heterocycles. The van der Waals surface area contributed by atoms with E-state index in [4.69, 9.17) is 4.74 Å². The molecule has 0 amide bonds. The number of methoxy groups -OCH3 is 1. The van der Waals surface area contributed by atoms with Crippen molar-refractivity contribution in [2.75, 3.05) is 30.9 Å². The summed E-state index contributed by atoms with van der Waals surface area (Å²) in [5.74, 6) is 1.10. The van der Waals surface area contributed by atoms with Crippen LogP contribution in [-0.2, 0) is 11.3 Å². The van der Waals surface area contributed by atoms with Gasteiger partial charge in [-0.25, -0.2) is 9.37 Å². The Hall–Kier alpha value is -2.73. The van der Waals surface area contributed by atoms with Gasteiger partial charge < -0.3 is 15.4 Å². The van der Waals surface area contributed by atoms with Crippen LogP contribution in [0.2, 0.25) is 0 Å². The molecule has 2 N–H and O–H groups in total. The van der Waals surface area contributed by atoms with Crippen LogP contribution in [0.15, 0.2) is 48.5 Å². The van der Waals surface area contributed by atoms with E-state index in [1.165, 1.54) is 12.1 Å². The zero-order valence-electron chi connectivity index (χ0n) is 14.1. The van der Waals surface area contributed by atoms with E-state index in [1.54, 1.807) is 19.2 Å². The van der Waals surface area contributed by atoms with Crippen molar-refractivity contribution in [3.05, 3.63) is 59.9 Å². The molecule has 0 aliphatic heterocycles. The van der Waals surface area contributed by atoms with Crippen LogP contribution in [0, 0.1) is 5.82 Å². The van der Waals surface area contributed by atoms with Crippen LogP contribution in [0.25, 0.3) is 10.9 Å². The molecule has 0 saturated heterocycles. The largest absolute Gasteiger partial charge is 0.385 e. The number of ether oxygens (including phenoxy) is 1. The molecule has 3 aromatic rings. The SMILES string of the molecule is COCCCNc1nc(NCc2ccc(F)cc2)c2ccccc2n1. The Morgan fingerprint density at radius 2 is 1.80 bits per heavy atom. The highest BCUT2D eigenvalue weighted by Crippen LogP contribution is 2.22. The van der Waals surface area contributed by atoms with Crippen molar-refractivity contribution in [1.82, 2.24) is 9.97 Å². The van der Waals surface area contributed by atoms with E-state index in [0.717, 1.165) is 35.2 Å². The number of hydrogen-bond acceptors (Lipinski definition) is 5. The maximum atomic E-state index is 13.0. The molecule has 0 bridgehead atoms. The lowest BCUT2D eigenvalue weighted by atomic mass is 10.2. The number of aromatic nitrogens is 2. The quantitative estimate of drug-likeness (QED) is 0.610. The smallest absolute Gasteiger partial charge is 0.225 e. The Labute approximate surface area is 146 Å². The third-order valence-corrected chi connectivity index (χ3v) is 3.78. The van der Waals surface area contributed by atoms with E-state index in [2.05, 4.69) is 20.6 Å². The second-order valence-corrected chi connectivity index (χ2v) is 5.67. The molecule has 0 saturated carbocycles. The molecule has 0 aliphatic rings. The van der Waals surface area contributed by atoms with Gasteiger partial charge in [0.25, 0.3) is 0 Å². The molecule has 25 heavy (non-hydrogen) atoms. The summed E-state index contributed by atoms with van der Waals surface area (Å²) in [5.41, 5.74) is 1.85. The van der Waals surface area contributed by atoms with Crippen LogP contribution in [0.5, 0.6) is 0 Å². The van der Waals surface area contributed by atoms with Crippen molar-refractivity contribution < 1.29 is 9.13 Å². The number of hydrogen-bond donors (Lipinski definition) is 2. The average Bonchev–Trinajstić information content (AvgIpc) is 2.64. The van der Waals surface area contributed by atoms with Crippen molar-refractivity contribution in [3.63, 3.8) is 0 Å². The minimum absolute atomic E-state index is 0.237. The molecule has 0 unspecified atom stereocenters. The van der Waals surface area contributed by atoms with Gasteiger partial charge in [0.05, 0.1) is 5.52 Å². The molecule has 0 aliphatic carbocycles. The number of benzene rings is 2. The fourth-order valence-electron chi connectivity index (χ4n) is 2.50. The van der Waals surface area contributed by atoms with Gasteiger partial charge in [0.15, 0.2) is 0 Å². The maximum absolute atomic E-state index is 13.0. The highest BCUT2D eigenvalue weighted by molar-refractivity contribution is 5.90. The summed E-state index contributed by atoms with van der Waals surface area (Å²) in [7, 11) is 1.68. The Morgan fingerprint density at radius 1 is 1.00 bits per heavy atom. The summed E-state index contributed by atoms with van der Waals surface area (Å²) >= 11 is 0. The summed E-state index contributed by atoms with van der Waals surface area (Å²) in [6.07, 6.45) is 0.880. The number of nitrogens with one attached hydrogen (secondary N) is 2. The minimum Gasteiger partial charge on any atom is -0.385 e. The molecule has 1 heterocycles. The van der Waals surface area contributed by atoms with Gasteiger partial charge in [0.1, 0.15) is 11.6 Å². The lowest BCUT2D eigenvalue weighted by molar-refractivity contribution is 0.197. The Balaban J connectivity index is 1.78. The first-order chi connectivity index (χ1) is 12.3. The van der Waals surface area contributed by atoms with Crippen molar-refractivity contribution >= 4 is 22.7 Å². The van der Waals surface area contributed by atoms with Gasteiger partial charge in [-0.2, -0.15) is 4.98 Å². The van der Waals surface area contributed by atoms with Crippen LogP contribution in [0.3, 0.4) is 0 Å². The first-order valence-electron chi connectivity index (χ1n) is 8.24. The normalized spacial score (nSPS) is 10.8. The lowest BCUT2D eigenvalue weighted by Gasteiger charge is -2.12. The second-order valence-electron chi connectivity index (χ2n) is 5.67. The molecular formula is C19H21FN4O. The van der Waals surface area contributed by atoms with Crippen molar-refractivity contribution in [2.24, 2.45) is 0 Å². The van der Waals surface area contributed by atoms with Crippen LogP contribution < -0.4 is 10.6 Å². The molecule has 0 fully saturated rings. The van der Waals surface area contributed by atoms with E-state index in [-0.39, 0.29) is 5.82 Å². The number of rotatable bonds is 8. The Kier molecular flexibility index (Phi) is 5.74. The van der Waals surface area contributed by atoms with E-state index < -0.39 is 0 Å². The Morgan fingerprint density at radius 3 is 2.60 bits per heavy atom. The molecule has 0 radical (unpaired) electrons. The average molecular weight is 340 g/mol. The molecule has 130 valence electrons. The van der Waals surface area contributed by atoms with Gasteiger partial charge in [-0.15, -0.1) is 0 Å². The summed E-state index contributed by atoms with van der Waals surface area (Å²) < 4.78 is 18.1. The molecule has 5 nitrogen and oxygen atoms in total. The van der Waals surface area contributed by atoms with E-state index in [0.29, 0.717) is 19.1 Å². The minimum atomic E-state index is -0.237. The zero-order valence-corrected chi connectivity index (χ0v) is 14.1. The number of nitrogens with zero attached hydrogens (tertiary/aromatic N) is 2. The number of anilines is 2. The predicted molar refractivity (Wildman–Crippen MR) is 98.2 cm³/mol. The first kappa shape index (κ1) is 17.1. The number of halogens is 1. The second kappa shape index (κ2) is 8.39. The van der Waals surface area contributed by atoms with Crippen LogP contribution >= 0.6 is 0 Å². The van der Waals surface area contributed by atoms with Crippen LogP contribution in [0.4, 0.5) is 16.2 Å². The van der Waals surface area contributed by atoms with Gasteiger partial charge in [0.2, 0.25) is 5.95 Å². The maximum Gasteiger partial charge on any atom is 0.225 e. The third kappa shape index (κ3) is 4.64. The van der Waals surface area contributed by atoms with Crippen LogP contribution in [0.1, 0.15) is 12.0 Å². The van der Waals surface area contributed by atoms with E-state index in [9.17, 15) is 4.39 Å².